The van der Waals surface area contributed by atoms with E-state index in [9.17, 15) is 19.2 Å². The quantitative estimate of drug-likeness (QED) is 0.219. The highest BCUT2D eigenvalue weighted by Gasteiger charge is 2.27. The van der Waals surface area contributed by atoms with Gasteiger partial charge in [0.2, 0.25) is 11.0 Å². The van der Waals surface area contributed by atoms with Crippen molar-refractivity contribution in [2.75, 3.05) is 29.6 Å². The van der Waals surface area contributed by atoms with Crippen LogP contribution >= 0.6 is 45.8 Å². The van der Waals surface area contributed by atoms with Crippen molar-refractivity contribution in [1.29, 1.82) is 0 Å². The molecule has 2 amide bonds. The minimum Gasteiger partial charge on any atom is -0.462 e. The molecule has 180 valence electrons. The van der Waals surface area contributed by atoms with Gasteiger partial charge >= 0.3 is 11.9 Å². The SMILES string of the molecule is CCOC(=O)c1sc(NC(=O)CSc2nnc(NC(=O)c3cccs3)s2)c(C(=O)OCC)c1C. The van der Waals surface area contributed by atoms with E-state index in [0.29, 0.717) is 19.9 Å². The number of aromatic nitrogens is 2. The summed E-state index contributed by atoms with van der Waals surface area (Å²) in [6.07, 6.45) is 0. The summed E-state index contributed by atoms with van der Waals surface area (Å²) in [6.45, 7) is 5.28. The Hall–Kier alpha value is -2.81. The van der Waals surface area contributed by atoms with Crippen LogP contribution in [-0.2, 0) is 14.3 Å². The molecule has 0 aliphatic rings. The van der Waals surface area contributed by atoms with Crippen LogP contribution in [0.1, 0.15) is 49.1 Å². The molecule has 0 radical (unpaired) electrons. The first-order chi connectivity index (χ1) is 16.3. The smallest absolute Gasteiger partial charge is 0.348 e. The summed E-state index contributed by atoms with van der Waals surface area (Å²) >= 11 is 4.53. The molecule has 0 bridgehead atoms. The van der Waals surface area contributed by atoms with Gasteiger partial charge in [0.25, 0.3) is 5.91 Å². The maximum atomic E-state index is 12.6. The van der Waals surface area contributed by atoms with Crippen LogP contribution in [0.4, 0.5) is 10.1 Å². The first-order valence-corrected chi connectivity index (χ1v) is 13.4. The van der Waals surface area contributed by atoms with Gasteiger partial charge in [-0.25, -0.2) is 9.59 Å². The Bertz CT molecular complexity index is 1190. The molecule has 0 aliphatic heterocycles. The maximum Gasteiger partial charge on any atom is 0.348 e. The first kappa shape index (κ1) is 25.8. The summed E-state index contributed by atoms with van der Waals surface area (Å²) < 4.78 is 10.6. The van der Waals surface area contributed by atoms with Gasteiger partial charge in [0, 0.05) is 0 Å². The van der Waals surface area contributed by atoms with E-state index in [1.54, 1.807) is 38.3 Å². The zero-order chi connectivity index (χ0) is 24.7. The Labute approximate surface area is 211 Å². The van der Waals surface area contributed by atoms with Gasteiger partial charge in [-0.1, -0.05) is 29.2 Å². The van der Waals surface area contributed by atoms with Gasteiger partial charge in [0.05, 0.1) is 29.4 Å². The second-order valence-corrected chi connectivity index (χ2v) is 10.5. The number of rotatable bonds is 10. The Morgan fingerprint density at radius 2 is 1.76 bits per heavy atom. The number of anilines is 2. The first-order valence-electron chi connectivity index (χ1n) is 9.92. The van der Waals surface area contributed by atoms with Crippen molar-refractivity contribution >= 4 is 79.7 Å². The Morgan fingerprint density at radius 3 is 2.44 bits per heavy atom. The number of nitrogens with one attached hydrogen (secondary N) is 2. The minimum atomic E-state index is -0.634. The Balaban J connectivity index is 1.65. The van der Waals surface area contributed by atoms with Gasteiger partial charge in [-0.05, 0) is 37.8 Å². The number of thiophene rings is 2. The summed E-state index contributed by atoms with van der Waals surface area (Å²) in [7, 11) is 0. The topological polar surface area (TPSA) is 137 Å². The van der Waals surface area contributed by atoms with E-state index in [4.69, 9.17) is 9.47 Å². The third kappa shape index (κ3) is 6.40. The number of ether oxygens (including phenoxy) is 2. The van der Waals surface area contributed by atoms with E-state index in [2.05, 4.69) is 20.8 Å². The number of hydrogen-bond donors (Lipinski definition) is 2. The molecule has 2 N–H and O–H groups in total. The lowest BCUT2D eigenvalue weighted by Crippen LogP contribution is -2.16. The average Bonchev–Trinajstić information content (AvgIpc) is 3.53. The van der Waals surface area contributed by atoms with Gasteiger partial charge in [-0.3, -0.25) is 14.9 Å². The molecule has 10 nitrogen and oxygen atoms in total. The molecule has 0 saturated carbocycles. The number of thioether (sulfide) groups is 1. The highest BCUT2D eigenvalue weighted by atomic mass is 32.2. The van der Waals surface area contributed by atoms with Crippen LogP contribution in [0.25, 0.3) is 0 Å². The van der Waals surface area contributed by atoms with Crippen molar-refractivity contribution in [1.82, 2.24) is 10.2 Å². The fourth-order valence-electron chi connectivity index (χ4n) is 2.62. The van der Waals surface area contributed by atoms with E-state index < -0.39 is 17.8 Å². The number of hydrogen-bond acceptors (Lipinski definition) is 12. The van der Waals surface area contributed by atoms with E-state index in [-0.39, 0.29) is 40.3 Å². The number of carbonyl (C=O) groups excluding carboxylic acids is 4. The number of nitrogens with zero attached hydrogens (tertiary/aromatic N) is 2. The normalized spacial score (nSPS) is 10.6. The van der Waals surface area contributed by atoms with Crippen molar-refractivity contribution in [3.63, 3.8) is 0 Å². The molecule has 14 heteroatoms. The molecule has 0 aromatic carbocycles. The molecule has 0 unspecified atom stereocenters. The van der Waals surface area contributed by atoms with Crippen molar-refractivity contribution in [3.8, 4) is 0 Å². The van der Waals surface area contributed by atoms with E-state index in [0.717, 1.165) is 34.4 Å². The van der Waals surface area contributed by atoms with Gasteiger partial charge < -0.3 is 14.8 Å². The molecular formula is C20H20N4O6S4. The molecule has 0 aliphatic carbocycles. The minimum absolute atomic E-state index is 0.0263. The molecule has 34 heavy (non-hydrogen) atoms. The van der Waals surface area contributed by atoms with Crippen LogP contribution in [0, 0.1) is 6.92 Å². The summed E-state index contributed by atoms with van der Waals surface area (Å²) in [6, 6.07) is 3.48. The second-order valence-electron chi connectivity index (χ2n) is 6.34. The lowest BCUT2D eigenvalue weighted by molar-refractivity contribution is -0.113. The maximum absolute atomic E-state index is 12.6. The van der Waals surface area contributed by atoms with Gasteiger partial charge in [0.15, 0.2) is 4.34 Å². The monoisotopic (exact) mass is 540 g/mol. The van der Waals surface area contributed by atoms with Crippen LogP contribution in [0.15, 0.2) is 21.9 Å². The van der Waals surface area contributed by atoms with E-state index in [1.807, 2.05) is 0 Å². The van der Waals surface area contributed by atoms with Crippen LogP contribution in [-0.4, -0.2) is 52.9 Å². The lowest BCUT2D eigenvalue weighted by atomic mass is 10.1. The van der Waals surface area contributed by atoms with Crippen LogP contribution < -0.4 is 10.6 Å². The van der Waals surface area contributed by atoms with Crippen molar-refractivity contribution in [2.24, 2.45) is 0 Å². The van der Waals surface area contributed by atoms with E-state index in [1.165, 1.54) is 11.3 Å². The fraction of sp³-hybridized carbons (Fsp3) is 0.300. The summed E-state index contributed by atoms with van der Waals surface area (Å²) in [5, 5.41) is 15.6. The van der Waals surface area contributed by atoms with Gasteiger partial charge in [-0.2, -0.15) is 0 Å². The molecule has 3 aromatic rings. The molecule has 0 saturated heterocycles. The average molecular weight is 541 g/mol. The van der Waals surface area contributed by atoms with Crippen LogP contribution in [0.2, 0.25) is 0 Å². The van der Waals surface area contributed by atoms with Gasteiger partial charge in [0.1, 0.15) is 9.88 Å². The van der Waals surface area contributed by atoms with Crippen LogP contribution in [0.3, 0.4) is 0 Å². The predicted molar refractivity (Wildman–Crippen MR) is 133 cm³/mol. The molecular weight excluding hydrogens is 521 g/mol. The third-order valence-corrected chi connectivity index (χ3v) is 8.07. The van der Waals surface area contributed by atoms with Crippen molar-refractivity contribution < 1.29 is 28.7 Å². The molecule has 3 rings (SSSR count). The molecule has 3 aromatic heterocycles. The summed E-state index contributed by atoms with van der Waals surface area (Å²) in [5.74, 6) is -1.92. The molecule has 3 heterocycles. The van der Waals surface area contributed by atoms with Crippen LogP contribution in [0.5, 0.6) is 0 Å². The molecule has 0 spiro atoms. The lowest BCUT2D eigenvalue weighted by Gasteiger charge is -2.06. The summed E-state index contributed by atoms with van der Waals surface area (Å²) in [5.41, 5.74) is 0.517. The molecule has 0 atom stereocenters. The number of carbonyl (C=O) groups is 4. The van der Waals surface area contributed by atoms with E-state index >= 15 is 0 Å². The zero-order valence-electron chi connectivity index (χ0n) is 18.3. The highest BCUT2D eigenvalue weighted by Crippen LogP contribution is 2.35. The van der Waals surface area contributed by atoms with Crippen molar-refractivity contribution in [3.05, 3.63) is 38.4 Å². The fourth-order valence-corrected chi connectivity index (χ4v) is 5.89. The number of esters is 2. The Morgan fingerprint density at radius 1 is 1.03 bits per heavy atom. The van der Waals surface area contributed by atoms with Crippen molar-refractivity contribution in [2.45, 2.75) is 25.1 Å². The Kier molecular flexibility index (Phi) is 9.15. The zero-order valence-corrected chi connectivity index (χ0v) is 21.6. The molecule has 0 fully saturated rings. The van der Waals surface area contributed by atoms with Gasteiger partial charge in [-0.15, -0.1) is 32.9 Å². The second kappa shape index (κ2) is 12.1. The standard InChI is InChI=1S/C20H20N4O6S4/c1-4-29-17(27)13-10(3)14(18(28)30-5-2)33-16(13)21-12(25)9-32-20-24-23-19(34-20)22-15(26)11-7-6-8-31-11/h6-8H,4-5,9H2,1-3H3,(H,21,25)(H,22,23,26). The third-order valence-electron chi connectivity index (χ3n) is 4.04. The largest absolute Gasteiger partial charge is 0.462 e. The highest BCUT2D eigenvalue weighted by molar-refractivity contribution is 8.01. The predicted octanol–water partition coefficient (Wildman–Crippen LogP) is 4.31. The number of amides is 2. The summed E-state index contributed by atoms with van der Waals surface area (Å²) in [4.78, 5) is 50.1.